The van der Waals surface area contributed by atoms with E-state index in [9.17, 15) is 22.8 Å². The monoisotopic (exact) mass is 306 g/mol. The van der Waals surface area contributed by atoms with Gasteiger partial charge in [0.2, 0.25) is 0 Å². The molecule has 1 fully saturated rings. The Morgan fingerprint density at radius 2 is 1.90 bits per heavy atom. The Hall–Kier alpha value is -2.13. The van der Waals surface area contributed by atoms with Gasteiger partial charge >= 0.3 is 18.1 Å². The van der Waals surface area contributed by atoms with Crippen LogP contribution in [0.25, 0.3) is 0 Å². The number of halogens is 3. The van der Waals surface area contributed by atoms with Crippen LogP contribution in [0.1, 0.15) is 42.2 Å². The van der Waals surface area contributed by atoms with Gasteiger partial charge in [0.25, 0.3) is 0 Å². The maximum Gasteiger partial charge on any atom is 0.471 e. The second-order valence-electron chi connectivity index (χ2n) is 4.87. The molecule has 0 radical (unpaired) electrons. The van der Waals surface area contributed by atoms with Gasteiger partial charge in [-0.25, -0.2) is 9.48 Å². The Labute approximate surface area is 117 Å². The molecule has 0 spiro atoms. The zero-order valence-electron chi connectivity index (χ0n) is 10.8. The Kier molecular flexibility index (Phi) is 4.14. The van der Waals surface area contributed by atoms with Gasteiger partial charge in [-0.15, -0.1) is 5.10 Å². The van der Waals surface area contributed by atoms with E-state index in [1.54, 1.807) is 0 Å². The molecule has 0 atom stereocenters. The average molecular weight is 306 g/mol. The number of aromatic carboxylic acids is 1. The third-order valence-corrected chi connectivity index (χ3v) is 3.39. The molecule has 0 unspecified atom stereocenters. The molecule has 2 N–H and O–H groups in total. The zero-order valence-corrected chi connectivity index (χ0v) is 10.8. The predicted molar refractivity (Wildman–Crippen MR) is 62.5 cm³/mol. The van der Waals surface area contributed by atoms with Gasteiger partial charge in [-0.2, -0.15) is 13.2 Å². The van der Waals surface area contributed by atoms with Crippen molar-refractivity contribution in [1.82, 2.24) is 20.3 Å². The number of hydrogen-bond donors (Lipinski definition) is 2. The number of amides is 1. The Balaban J connectivity index is 1.88. The molecule has 1 aliphatic carbocycles. The highest BCUT2D eigenvalue weighted by molar-refractivity contribution is 5.84. The first-order valence-electron chi connectivity index (χ1n) is 6.30. The number of nitrogens with one attached hydrogen (secondary N) is 1. The molecule has 1 aliphatic rings. The van der Waals surface area contributed by atoms with Crippen LogP contribution in [-0.2, 0) is 4.79 Å². The SMILES string of the molecule is O=C(O)c1cn(C2CCC(NC(=O)C(F)(F)F)CC2)nn1. The standard InChI is InChI=1S/C11H13F3N4O3/c12-11(13,14)10(21)15-6-1-3-7(4-2-6)18-5-8(9(19)20)16-17-18/h5-7H,1-4H2,(H,15,21)(H,19,20). The summed E-state index contributed by atoms with van der Waals surface area (Å²) < 4.78 is 37.8. The van der Waals surface area contributed by atoms with Crippen LogP contribution in [0, 0.1) is 0 Å². The van der Waals surface area contributed by atoms with E-state index < -0.39 is 24.1 Å². The fraction of sp³-hybridized carbons (Fsp3) is 0.636. The Morgan fingerprint density at radius 3 is 2.38 bits per heavy atom. The molecule has 0 aromatic carbocycles. The van der Waals surface area contributed by atoms with Crippen molar-refractivity contribution in [2.75, 3.05) is 0 Å². The molecule has 1 amide bonds. The highest BCUT2D eigenvalue weighted by atomic mass is 19.4. The van der Waals surface area contributed by atoms with Crippen molar-refractivity contribution in [3.8, 4) is 0 Å². The lowest BCUT2D eigenvalue weighted by atomic mass is 9.91. The van der Waals surface area contributed by atoms with Crippen LogP contribution in [0.5, 0.6) is 0 Å². The van der Waals surface area contributed by atoms with Crippen molar-refractivity contribution >= 4 is 11.9 Å². The summed E-state index contributed by atoms with van der Waals surface area (Å²) >= 11 is 0. The van der Waals surface area contributed by atoms with Crippen LogP contribution in [0.2, 0.25) is 0 Å². The third kappa shape index (κ3) is 3.70. The smallest absolute Gasteiger partial charge is 0.471 e. The first-order valence-corrected chi connectivity index (χ1v) is 6.30. The molecule has 10 heteroatoms. The van der Waals surface area contributed by atoms with E-state index in [4.69, 9.17) is 5.11 Å². The molecule has 1 aromatic rings. The summed E-state index contributed by atoms with van der Waals surface area (Å²) in [4.78, 5) is 21.5. The maximum atomic E-state index is 12.1. The summed E-state index contributed by atoms with van der Waals surface area (Å²) in [5.41, 5.74) is -0.178. The molecule has 1 heterocycles. The molecule has 7 nitrogen and oxygen atoms in total. The highest BCUT2D eigenvalue weighted by Crippen LogP contribution is 2.28. The second-order valence-corrected chi connectivity index (χ2v) is 4.87. The number of carboxylic acid groups (broad SMARTS) is 1. The summed E-state index contributed by atoms with van der Waals surface area (Å²) in [7, 11) is 0. The molecule has 21 heavy (non-hydrogen) atoms. The molecule has 1 saturated carbocycles. The van der Waals surface area contributed by atoms with Crippen molar-refractivity contribution in [2.45, 2.75) is 43.9 Å². The number of nitrogens with zero attached hydrogens (tertiary/aromatic N) is 3. The van der Waals surface area contributed by atoms with Crippen LogP contribution in [0.15, 0.2) is 6.20 Å². The first kappa shape index (κ1) is 15.3. The molecule has 0 aliphatic heterocycles. The molecular weight excluding hydrogens is 293 g/mol. The maximum absolute atomic E-state index is 12.1. The lowest BCUT2D eigenvalue weighted by molar-refractivity contribution is -0.174. The number of hydrogen-bond acceptors (Lipinski definition) is 4. The number of carbonyl (C=O) groups excluding carboxylic acids is 1. The average Bonchev–Trinajstić information content (AvgIpc) is 2.88. The van der Waals surface area contributed by atoms with Crippen molar-refractivity contribution in [1.29, 1.82) is 0 Å². The summed E-state index contributed by atoms with van der Waals surface area (Å²) in [6.07, 6.45) is -1.86. The largest absolute Gasteiger partial charge is 0.476 e. The van der Waals surface area contributed by atoms with E-state index in [0.717, 1.165) is 0 Å². The number of alkyl halides is 3. The van der Waals surface area contributed by atoms with E-state index in [2.05, 4.69) is 10.3 Å². The van der Waals surface area contributed by atoms with E-state index in [1.165, 1.54) is 10.9 Å². The van der Waals surface area contributed by atoms with Gasteiger partial charge in [0.15, 0.2) is 5.69 Å². The van der Waals surface area contributed by atoms with Gasteiger partial charge in [0, 0.05) is 6.04 Å². The van der Waals surface area contributed by atoms with Crippen LogP contribution in [0.3, 0.4) is 0 Å². The fourth-order valence-electron chi connectivity index (χ4n) is 2.31. The molecule has 2 rings (SSSR count). The van der Waals surface area contributed by atoms with Gasteiger partial charge in [0.05, 0.1) is 12.2 Å². The minimum Gasteiger partial charge on any atom is -0.476 e. The number of rotatable bonds is 3. The van der Waals surface area contributed by atoms with Crippen molar-refractivity contribution < 1.29 is 27.9 Å². The number of carboxylic acids is 1. The summed E-state index contributed by atoms with van der Waals surface area (Å²) in [5.74, 6) is -3.12. The lowest BCUT2D eigenvalue weighted by Crippen LogP contribution is -2.44. The van der Waals surface area contributed by atoms with E-state index in [1.807, 2.05) is 5.32 Å². The topological polar surface area (TPSA) is 97.1 Å². The second kappa shape index (κ2) is 5.70. The molecule has 0 bridgehead atoms. The van der Waals surface area contributed by atoms with Crippen molar-refractivity contribution in [2.24, 2.45) is 0 Å². The van der Waals surface area contributed by atoms with Crippen molar-refractivity contribution in [3.05, 3.63) is 11.9 Å². The summed E-state index contributed by atoms with van der Waals surface area (Å²) in [5, 5.41) is 17.9. The van der Waals surface area contributed by atoms with Crippen LogP contribution in [-0.4, -0.2) is 44.2 Å². The summed E-state index contributed by atoms with van der Waals surface area (Å²) in [6, 6.07) is -0.650. The van der Waals surface area contributed by atoms with Gasteiger partial charge < -0.3 is 10.4 Å². The predicted octanol–water partition coefficient (Wildman–Crippen LogP) is 1.14. The highest BCUT2D eigenvalue weighted by Gasteiger charge is 2.40. The Bertz CT molecular complexity index is 535. The summed E-state index contributed by atoms with van der Waals surface area (Å²) in [6.45, 7) is 0. The lowest BCUT2D eigenvalue weighted by Gasteiger charge is -2.29. The number of aromatic nitrogens is 3. The normalized spacial score (nSPS) is 22.8. The minimum absolute atomic E-state index is 0.121. The van der Waals surface area contributed by atoms with Crippen molar-refractivity contribution in [3.63, 3.8) is 0 Å². The molecule has 116 valence electrons. The number of carbonyl (C=O) groups is 2. The van der Waals surface area contributed by atoms with Crippen LogP contribution >= 0.6 is 0 Å². The third-order valence-electron chi connectivity index (χ3n) is 3.39. The molecule has 1 aromatic heterocycles. The van der Waals surface area contributed by atoms with Crippen LogP contribution in [0.4, 0.5) is 13.2 Å². The molecule has 0 saturated heterocycles. The fourth-order valence-corrected chi connectivity index (χ4v) is 2.31. The van der Waals surface area contributed by atoms with Gasteiger partial charge in [-0.1, -0.05) is 5.21 Å². The van der Waals surface area contributed by atoms with Crippen LogP contribution < -0.4 is 5.32 Å². The van der Waals surface area contributed by atoms with Gasteiger partial charge in [-0.05, 0) is 25.7 Å². The zero-order chi connectivity index (χ0) is 15.6. The van der Waals surface area contributed by atoms with E-state index >= 15 is 0 Å². The quantitative estimate of drug-likeness (QED) is 0.872. The van der Waals surface area contributed by atoms with Gasteiger partial charge in [0.1, 0.15) is 0 Å². The molecular formula is C11H13F3N4O3. The van der Waals surface area contributed by atoms with E-state index in [0.29, 0.717) is 25.7 Å². The first-order chi connectivity index (χ1) is 9.77. The Morgan fingerprint density at radius 1 is 1.29 bits per heavy atom. The minimum atomic E-state index is -4.88. The van der Waals surface area contributed by atoms with E-state index in [-0.39, 0.29) is 11.7 Å². The van der Waals surface area contributed by atoms with Gasteiger partial charge in [-0.3, -0.25) is 4.79 Å².